The Balaban J connectivity index is 1.32. The number of thioether (sulfide) groups is 1. The fourth-order valence-electron chi connectivity index (χ4n) is 3.65. The summed E-state index contributed by atoms with van der Waals surface area (Å²) in [7, 11) is -3.46. The van der Waals surface area contributed by atoms with Crippen LogP contribution in [0.3, 0.4) is 0 Å². The minimum absolute atomic E-state index is 0.0772. The van der Waals surface area contributed by atoms with Crippen molar-refractivity contribution >= 4 is 39.0 Å². The van der Waals surface area contributed by atoms with Crippen LogP contribution in [0.25, 0.3) is 5.00 Å². The van der Waals surface area contributed by atoms with Crippen molar-refractivity contribution in [1.82, 2.24) is 14.6 Å². The number of carbonyl (C=O) groups is 1. The van der Waals surface area contributed by atoms with Gasteiger partial charge < -0.3 is 9.88 Å². The summed E-state index contributed by atoms with van der Waals surface area (Å²) >= 11 is 3.60. The number of hydrogen-bond acceptors (Lipinski definition) is 5. The van der Waals surface area contributed by atoms with Gasteiger partial charge in [0.05, 0.1) is 10.5 Å². The van der Waals surface area contributed by atoms with Gasteiger partial charge in [-0.3, -0.25) is 4.79 Å². The van der Waals surface area contributed by atoms with E-state index in [2.05, 4.69) is 10.0 Å². The van der Waals surface area contributed by atoms with E-state index in [1.807, 2.05) is 40.9 Å². The minimum atomic E-state index is -3.46. The molecule has 1 aliphatic heterocycles. The highest BCUT2D eigenvalue weighted by molar-refractivity contribution is 7.98. The first kappa shape index (κ1) is 20.8. The summed E-state index contributed by atoms with van der Waals surface area (Å²) in [5, 5.41) is 4.00. The number of thiophene rings is 1. The zero-order chi connectivity index (χ0) is 21.4. The summed E-state index contributed by atoms with van der Waals surface area (Å²) in [5.74, 6) is 1.90. The maximum absolute atomic E-state index is 13.2. The van der Waals surface area contributed by atoms with Crippen LogP contribution in [-0.2, 0) is 28.7 Å². The molecule has 2 N–H and O–H groups in total. The van der Waals surface area contributed by atoms with Gasteiger partial charge in [0, 0.05) is 35.6 Å². The average Bonchev–Trinajstić information content (AvgIpc) is 3.27. The Bertz CT molecular complexity index is 1190. The molecule has 31 heavy (non-hydrogen) atoms. The van der Waals surface area contributed by atoms with Crippen molar-refractivity contribution < 1.29 is 13.2 Å². The van der Waals surface area contributed by atoms with Crippen molar-refractivity contribution in [2.24, 2.45) is 0 Å². The summed E-state index contributed by atoms with van der Waals surface area (Å²) in [6.45, 7) is 0.347. The molecule has 9 heteroatoms. The van der Waals surface area contributed by atoms with E-state index in [1.54, 1.807) is 35.6 Å². The average molecular weight is 474 g/mol. The van der Waals surface area contributed by atoms with Gasteiger partial charge in [0.15, 0.2) is 0 Å². The van der Waals surface area contributed by atoms with Crippen LogP contribution in [0, 0.1) is 0 Å². The van der Waals surface area contributed by atoms with Gasteiger partial charge in [-0.1, -0.05) is 12.1 Å². The van der Waals surface area contributed by atoms with E-state index < -0.39 is 10.0 Å². The molecule has 0 atom stereocenters. The number of hydrogen-bond donors (Lipinski definition) is 2. The lowest BCUT2D eigenvalue weighted by Crippen LogP contribution is -2.26. The molecular weight excluding hydrogens is 450 g/mol. The number of sulfonamides is 1. The molecular formula is C22H23N3O3S3. The molecule has 0 spiro atoms. The number of rotatable bonds is 7. The van der Waals surface area contributed by atoms with E-state index in [0.717, 1.165) is 52.5 Å². The second-order valence-corrected chi connectivity index (χ2v) is 11.7. The van der Waals surface area contributed by atoms with E-state index >= 15 is 0 Å². The highest BCUT2D eigenvalue weighted by Gasteiger charge is 2.28. The van der Waals surface area contributed by atoms with Crippen LogP contribution in [-0.4, -0.2) is 30.7 Å². The number of amides is 1. The van der Waals surface area contributed by atoms with E-state index in [4.69, 9.17) is 0 Å². The van der Waals surface area contributed by atoms with Crippen molar-refractivity contribution in [2.75, 3.05) is 5.75 Å². The fraction of sp³-hybridized carbons (Fsp3) is 0.318. The van der Waals surface area contributed by atoms with Crippen LogP contribution in [0.4, 0.5) is 0 Å². The van der Waals surface area contributed by atoms with Gasteiger partial charge in [-0.05, 0) is 60.4 Å². The number of aromatic nitrogens is 1. The first-order valence-electron chi connectivity index (χ1n) is 10.3. The molecule has 0 bridgehead atoms. The number of fused-ring (bicyclic) bond motifs is 1. The molecule has 3 aromatic rings. The lowest BCUT2D eigenvalue weighted by molar-refractivity contribution is 0.0950. The number of nitrogens with one attached hydrogen (secondary N) is 2. The predicted octanol–water partition coefficient (Wildman–Crippen LogP) is 3.70. The van der Waals surface area contributed by atoms with Crippen LogP contribution in [0.5, 0.6) is 0 Å². The lowest BCUT2D eigenvalue weighted by Gasteiger charge is -2.13. The normalized spacial score (nSPS) is 16.1. The van der Waals surface area contributed by atoms with Crippen LogP contribution in [0.15, 0.2) is 53.7 Å². The summed E-state index contributed by atoms with van der Waals surface area (Å²) < 4.78 is 29.3. The number of benzene rings is 1. The topological polar surface area (TPSA) is 80.2 Å². The molecule has 1 aromatic carbocycles. The molecule has 2 aliphatic rings. The zero-order valence-corrected chi connectivity index (χ0v) is 19.3. The first-order valence-corrected chi connectivity index (χ1v) is 13.7. The molecule has 1 fully saturated rings. The summed E-state index contributed by atoms with van der Waals surface area (Å²) in [4.78, 5) is 14.7. The van der Waals surface area contributed by atoms with E-state index in [9.17, 15) is 13.2 Å². The second kappa shape index (κ2) is 8.46. The molecule has 0 unspecified atom stereocenters. The Morgan fingerprint density at radius 1 is 1.13 bits per heavy atom. The van der Waals surface area contributed by atoms with E-state index in [-0.39, 0.29) is 16.8 Å². The predicted molar refractivity (Wildman–Crippen MR) is 124 cm³/mol. The molecule has 1 aliphatic carbocycles. The standard InChI is InChI=1S/C22H23N3O3S3/c26-21(20-18-9-12-29-14-19(18)30-22(20)25-10-1-2-11-25)23-13-15-3-7-17(8-4-15)31(27,28)24-16-5-6-16/h1-4,7-8,10-11,16,24H,5-6,9,12-14H2,(H,23,26). The van der Waals surface area contributed by atoms with E-state index in [0.29, 0.717) is 6.54 Å². The van der Waals surface area contributed by atoms with Gasteiger partial charge in [-0.25, -0.2) is 13.1 Å². The van der Waals surface area contributed by atoms with Crippen molar-refractivity contribution in [3.05, 3.63) is 70.4 Å². The van der Waals surface area contributed by atoms with Crippen molar-refractivity contribution in [1.29, 1.82) is 0 Å². The van der Waals surface area contributed by atoms with Gasteiger partial charge >= 0.3 is 0 Å². The largest absolute Gasteiger partial charge is 0.348 e. The first-order chi connectivity index (χ1) is 15.0. The van der Waals surface area contributed by atoms with Crippen LogP contribution in [0.1, 0.15) is 39.2 Å². The van der Waals surface area contributed by atoms with Crippen molar-refractivity contribution in [3.8, 4) is 5.00 Å². The highest BCUT2D eigenvalue weighted by atomic mass is 32.2. The molecule has 1 amide bonds. The van der Waals surface area contributed by atoms with Gasteiger partial charge in [0.25, 0.3) is 5.91 Å². The second-order valence-electron chi connectivity index (χ2n) is 7.80. The van der Waals surface area contributed by atoms with Crippen LogP contribution >= 0.6 is 23.1 Å². The third kappa shape index (κ3) is 4.45. The maximum Gasteiger partial charge on any atom is 0.254 e. The summed E-state index contributed by atoms with van der Waals surface area (Å²) in [6, 6.07) is 10.7. The Hall–Kier alpha value is -2.07. The third-order valence-corrected chi connectivity index (χ3v) is 9.40. The number of nitrogens with zero attached hydrogens (tertiary/aromatic N) is 1. The quantitative estimate of drug-likeness (QED) is 0.548. The molecule has 5 rings (SSSR count). The highest BCUT2D eigenvalue weighted by Crippen LogP contribution is 2.38. The molecule has 0 saturated heterocycles. The summed E-state index contributed by atoms with van der Waals surface area (Å²) in [5.41, 5.74) is 2.79. The molecule has 6 nitrogen and oxygen atoms in total. The Labute approximate surface area is 190 Å². The van der Waals surface area contributed by atoms with Crippen molar-refractivity contribution in [3.63, 3.8) is 0 Å². The maximum atomic E-state index is 13.2. The molecule has 2 aromatic heterocycles. The Morgan fingerprint density at radius 2 is 1.87 bits per heavy atom. The molecule has 3 heterocycles. The number of carbonyl (C=O) groups excluding carboxylic acids is 1. The van der Waals surface area contributed by atoms with Gasteiger partial charge in [-0.2, -0.15) is 11.8 Å². The SMILES string of the molecule is O=C(NCc1ccc(S(=O)(=O)NC2CC2)cc1)c1c(-n2cccc2)sc2c1CCSC2. The van der Waals surface area contributed by atoms with Gasteiger partial charge in [0.2, 0.25) is 10.0 Å². The molecule has 0 radical (unpaired) electrons. The van der Waals surface area contributed by atoms with Gasteiger partial charge in [0.1, 0.15) is 5.00 Å². The molecule has 1 saturated carbocycles. The van der Waals surface area contributed by atoms with Gasteiger partial charge in [-0.15, -0.1) is 11.3 Å². The Kier molecular flexibility index (Phi) is 5.68. The van der Waals surface area contributed by atoms with Crippen molar-refractivity contribution in [2.45, 2.75) is 42.5 Å². The molecule has 162 valence electrons. The fourth-order valence-corrected chi connectivity index (χ4v) is 7.40. The minimum Gasteiger partial charge on any atom is -0.348 e. The smallest absolute Gasteiger partial charge is 0.254 e. The summed E-state index contributed by atoms with van der Waals surface area (Å²) in [6.07, 6.45) is 6.64. The van der Waals surface area contributed by atoms with Crippen LogP contribution < -0.4 is 10.0 Å². The zero-order valence-electron chi connectivity index (χ0n) is 16.8. The van der Waals surface area contributed by atoms with Crippen LogP contribution in [0.2, 0.25) is 0 Å². The monoisotopic (exact) mass is 473 g/mol. The van der Waals surface area contributed by atoms with E-state index in [1.165, 1.54) is 4.88 Å². The lowest BCUT2D eigenvalue weighted by atomic mass is 10.1. The Morgan fingerprint density at radius 3 is 2.58 bits per heavy atom. The third-order valence-electron chi connectivity index (χ3n) is 5.45.